The number of aromatic nitrogens is 1. The number of carboxylic acids is 1. The number of amides is 1. The second-order valence-corrected chi connectivity index (χ2v) is 7.39. The molecular weight excluding hydrogens is 280 g/mol. The Morgan fingerprint density at radius 1 is 1.09 bits per heavy atom. The van der Waals surface area contributed by atoms with E-state index in [9.17, 15) is 9.59 Å². The average molecular weight is 300 g/mol. The number of nitrogens with zero attached hydrogens (tertiary/aromatic N) is 1. The van der Waals surface area contributed by atoms with Crippen molar-refractivity contribution in [2.24, 2.45) is 17.8 Å². The van der Waals surface area contributed by atoms with Gasteiger partial charge in [0.15, 0.2) is 0 Å². The first-order valence-corrected chi connectivity index (χ1v) is 8.05. The Balaban J connectivity index is 1.51. The summed E-state index contributed by atoms with van der Waals surface area (Å²) in [6.45, 7) is 0. The summed E-state index contributed by atoms with van der Waals surface area (Å²) in [5, 5.41) is 12.1. The van der Waals surface area contributed by atoms with Gasteiger partial charge in [-0.25, -0.2) is 9.78 Å². The van der Waals surface area contributed by atoms with E-state index in [1.165, 1.54) is 31.5 Å². The van der Waals surface area contributed by atoms with Gasteiger partial charge in [0.1, 0.15) is 5.69 Å². The van der Waals surface area contributed by atoms with E-state index in [0.29, 0.717) is 5.56 Å². The maximum Gasteiger partial charge on any atom is 0.354 e. The Morgan fingerprint density at radius 2 is 1.68 bits per heavy atom. The number of hydrogen-bond acceptors (Lipinski definition) is 3. The Morgan fingerprint density at radius 3 is 2.14 bits per heavy atom. The first kappa shape index (κ1) is 13.7. The monoisotopic (exact) mass is 300 g/mol. The van der Waals surface area contributed by atoms with Gasteiger partial charge in [-0.3, -0.25) is 4.79 Å². The fraction of sp³-hybridized carbons (Fsp3) is 0.588. The highest BCUT2D eigenvalue weighted by Gasteiger charge is 2.51. The molecule has 22 heavy (non-hydrogen) atoms. The average Bonchev–Trinajstić information content (AvgIpc) is 2.45. The lowest BCUT2D eigenvalue weighted by Crippen LogP contribution is -2.59. The van der Waals surface area contributed by atoms with Crippen molar-refractivity contribution in [3.8, 4) is 0 Å². The molecule has 4 saturated carbocycles. The van der Waals surface area contributed by atoms with Crippen LogP contribution in [0, 0.1) is 17.8 Å². The molecule has 5 heteroatoms. The van der Waals surface area contributed by atoms with Crippen LogP contribution in [-0.2, 0) is 0 Å². The summed E-state index contributed by atoms with van der Waals surface area (Å²) in [4.78, 5) is 27.2. The summed E-state index contributed by atoms with van der Waals surface area (Å²) in [6, 6.07) is 2.93. The third-order valence-corrected chi connectivity index (χ3v) is 5.66. The maximum atomic E-state index is 12.5. The second-order valence-electron chi connectivity index (χ2n) is 7.39. The zero-order chi connectivity index (χ0) is 15.3. The first-order chi connectivity index (χ1) is 10.5. The molecule has 1 heterocycles. The second kappa shape index (κ2) is 4.80. The zero-order valence-corrected chi connectivity index (χ0v) is 12.4. The zero-order valence-electron chi connectivity index (χ0n) is 12.4. The van der Waals surface area contributed by atoms with Gasteiger partial charge >= 0.3 is 5.97 Å². The van der Waals surface area contributed by atoms with E-state index in [4.69, 9.17) is 5.11 Å². The maximum absolute atomic E-state index is 12.5. The highest BCUT2D eigenvalue weighted by Crippen LogP contribution is 2.55. The van der Waals surface area contributed by atoms with E-state index >= 15 is 0 Å². The highest BCUT2D eigenvalue weighted by atomic mass is 16.4. The number of carboxylic acid groups (broad SMARTS) is 1. The lowest BCUT2D eigenvalue weighted by Gasteiger charge is -2.56. The quantitative estimate of drug-likeness (QED) is 0.898. The number of aromatic carboxylic acids is 1. The van der Waals surface area contributed by atoms with Crippen LogP contribution < -0.4 is 5.32 Å². The molecule has 4 aliphatic carbocycles. The molecule has 5 rings (SSSR count). The predicted molar refractivity (Wildman–Crippen MR) is 79.6 cm³/mol. The Kier molecular flexibility index (Phi) is 2.99. The van der Waals surface area contributed by atoms with Crippen molar-refractivity contribution in [1.29, 1.82) is 0 Å². The van der Waals surface area contributed by atoms with Gasteiger partial charge < -0.3 is 10.4 Å². The molecule has 0 unspecified atom stereocenters. The molecule has 4 bridgehead atoms. The van der Waals surface area contributed by atoms with E-state index in [-0.39, 0.29) is 17.1 Å². The molecular formula is C17H20N2O3. The van der Waals surface area contributed by atoms with Crippen molar-refractivity contribution in [2.75, 3.05) is 0 Å². The molecule has 0 aromatic carbocycles. The molecule has 1 aromatic heterocycles. The van der Waals surface area contributed by atoms with Crippen molar-refractivity contribution in [2.45, 2.75) is 44.1 Å². The van der Waals surface area contributed by atoms with Crippen LogP contribution in [0.4, 0.5) is 0 Å². The molecule has 0 saturated heterocycles. The van der Waals surface area contributed by atoms with Gasteiger partial charge in [-0.15, -0.1) is 0 Å². The summed E-state index contributed by atoms with van der Waals surface area (Å²) >= 11 is 0. The van der Waals surface area contributed by atoms with Gasteiger partial charge in [0.05, 0.1) is 5.56 Å². The number of nitrogens with one attached hydrogen (secondary N) is 1. The SMILES string of the molecule is O=C(NC12CC3CC(CC(C3)C1)C2)c1ccc(C(=O)O)nc1. The van der Waals surface area contributed by atoms with Crippen LogP contribution in [0.1, 0.15) is 59.4 Å². The van der Waals surface area contributed by atoms with Gasteiger partial charge in [-0.2, -0.15) is 0 Å². The summed E-state index contributed by atoms with van der Waals surface area (Å²) in [5.74, 6) is 1.14. The van der Waals surface area contributed by atoms with E-state index in [0.717, 1.165) is 37.0 Å². The van der Waals surface area contributed by atoms with Crippen LogP contribution in [0.2, 0.25) is 0 Å². The minimum atomic E-state index is -1.08. The Labute approximate surface area is 129 Å². The van der Waals surface area contributed by atoms with Gasteiger partial charge in [0, 0.05) is 11.7 Å². The van der Waals surface area contributed by atoms with Crippen molar-refractivity contribution < 1.29 is 14.7 Å². The number of hydrogen-bond donors (Lipinski definition) is 2. The summed E-state index contributed by atoms with van der Waals surface area (Å²) in [6.07, 6.45) is 8.68. The molecule has 2 N–H and O–H groups in total. The number of carbonyl (C=O) groups excluding carboxylic acids is 1. The number of carbonyl (C=O) groups is 2. The molecule has 5 nitrogen and oxygen atoms in total. The number of rotatable bonds is 3. The van der Waals surface area contributed by atoms with Crippen LogP contribution in [-0.4, -0.2) is 27.5 Å². The van der Waals surface area contributed by atoms with Crippen LogP contribution >= 0.6 is 0 Å². The summed E-state index contributed by atoms with van der Waals surface area (Å²) in [7, 11) is 0. The van der Waals surface area contributed by atoms with E-state index in [1.54, 1.807) is 6.07 Å². The summed E-state index contributed by atoms with van der Waals surface area (Å²) < 4.78 is 0. The first-order valence-electron chi connectivity index (χ1n) is 8.05. The van der Waals surface area contributed by atoms with E-state index in [2.05, 4.69) is 10.3 Å². The number of pyridine rings is 1. The third-order valence-electron chi connectivity index (χ3n) is 5.66. The van der Waals surface area contributed by atoms with E-state index < -0.39 is 5.97 Å². The van der Waals surface area contributed by atoms with Crippen molar-refractivity contribution in [3.05, 3.63) is 29.6 Å². The Hall–Kier alpha value is -1.91. The molecule has 0 atom stereocenters. The summed E-state index contributed by atoms with van der Waals surface area (Å²) in [5.41, 5.74) is 0.379. The van der Waals surface area contributed by atoms with Gasteiger partial charge in [-0.05, 0) is 68.4 Å². The lowest BCUT2D eigenvalue weighted by molar-refractivity contribution is -0.0167. The molecule has 1 aromatic rings. The van der Waals surface area contributed by atoms with E-state index in [1.807, 2.05) is 0 Å². The fourth-order valence-electron chi connectivity index (χ4n) is 5.23. The van der Waals surface area contributed by atoms with Crippen LogP contribution in [0.5, 0.6) is 0 Å². The molecule has 0 radical (unpaired) electrons. The fourth-order valence-corrected chi connectivity index (χ4v) is 5.23. The molecule has 4 aliphatic rings. The molecule has 1 amide bonds. The molecule has 116 valence electrons. The van der Waals surface area contributed by atoms with Crippen molar-refractivity contribution in [3.63, 3.8) is 0 Å². The van der Waals surface area contributed by atoms with Crippen LogP contribution in [0.15, 0.2) is 18.3 Å². The Bertz CT molecular complexity index is 588. The standard InChI is InChI=1S/C17H20N2O3/c20-15(13-1-2-14(16(21)22)18-9-13)19-17-6-10-3-11(7-17)5-12(4-10)8-17/h1-2,9-12H,3-8H2,(H,19,20)(H,21,22). The van der Waals surface area contributed by atoms with Gasteiger partial charge in [-0.1, -0.05) is 0 Å². The molecule has 0 aliphatic heterocycles. The highest BCUT2D eigenvalue weighted by molar-refractivity contribution is 5.95. The largest absolute Gasteiger partial charge is 0.477 e. The van der Waals surface area contributed by atoms with Crippen molar-refractivity contribution >= 4 is 11.9 Å². The van der Waals surface area contributed by atoms with Crippen molar-refractivity contribution in [1.82, 2.24) is 10.3 Å². The topological polar surface area (TPSA) is 79.3 Å². The minimum Gasteiger partial charge on any atom is -0.477 e. The van der Waals surface area contributed by atoms with Crippen LogP contribution in [0.25, 0.3) is 0 Å². The predicted octanol–water partition coefficient (Wildman–Crippen LogP) is 2.48. The van der Waals surface area contributed by atoms with Gasteiger partial charge in [0.2, 0.25) is 0 Å². The van der Waals surface area contributed by atoms with Crippen LogP contribution in [0.3, 0.4) is 0 Å². The molecule has 4 fully saturated rings. The molecule has 0 spiro atoms. The minimum absolute atomic E-state index is 0.0305. The van der Waals surface area contributed by atoms with Gasteiger partial charge in [0.25, 0.3) is 5.91 Å². The lowest BCUT2D eigenvalue weighted by atomic mass is 9.53. The normalized spacial score (nSPS) is 35.4. The third kappa shape index (κ3) is 2.28. The smallest absolute Gasteiger partial charge is 0.354 e.